The monoisotopic (exact) mass is 521 g/mol. The fourth-order valence-corrected chi connectivity index (χ4v) is 4.43. The number of carbonyl (C=O) groups excluding carboxylic acids is 3. The number of nitrogens with two attached hydrogens (primary N) is 1. The van der Waals surface area contributed by atoms with Crippen molar-refractivity contribution in [1.29, 1.82) is 0 Å². The molecule has 1 fully saturated rings. The lowest BCUT2D eigenvalue weighted by Crippen LogP contribution is -2.55. The van der Waals surface area contributed by atoms with Crippen molar-refractivity contribution in [3.63, 3.8) is 0 Å². The standard InChI is InChI=1S/C21H26F3N3O7S/c1-20(2,3)33-19(30)27-10-12-8-13(34-35(31,32)21(22,23)24)5-4-11(12)9-16(27)17(28)14-6-7-15(26-14)18(25)29/h4-5,8,14-16,26H,6-7,9-10H2,1-3H3,(H2,25,29). The average molecular weight is 522 g/mol. The highest BCUT2D eigenvalue weighted by Gasteiger charge is 2.49. The van der Waals surface area contributed by atoms with E-state index in [2.05, 4.69) is 9.50 Å². The molecular weight excluding hydrogens is 495 g/mol. The van der Waals surface area contributed by atoms with Crippen LogP contribution in [0.1, 0.15) is 44.7 Å². The molecule has 0 radical (unpaired) electrons. The van der Waals surface area contributed by atoms with E-state index in [-0.39, 0.29) is 18.7 Å². The van der Waals surface area contributed by atoms with Gasteiger partial charge < -0.3 is 14.7 Å². The molecule has 2 heterocycles. The van der Waals surface area contributed by atoms with Crippen molar-refractivity contribution in [3.05, 3.63) is 29.3 Å². The lowest BCUT2D eigenvalue weighted by Gasteiger charge is -2.38. The molecule has 2 aliphatic rings. The molecule has 0 saturated carbocycles. The van der Waals surface area contributed by atoms with Crippen LogP contribution >= 0.6 is 0 Å². The Morgan fingerprint density at radius 2 is 1.71 bits per heavy atom. The highest BCUT2D eigenvalue weighted by Crippen LogP contribution is 2.32. The molecule has 10 nitrogen and oxygen atoms in total. The smallest absolute Gasteiger partial charge is 0.444 e. The summed E-state index contributed by atoms with van der Waals surface area (Å²) in [5, 5.41) is 2.87. The van der Waals surface area contributed by atoms with Crippen LogP contribution in [0.4, 0.5) is 18.0 Å². The van der Waals surface area contributed by atoms with Gasteiger partial charge in [0.2, 0.25) is 5.91 Å². The zero-order valence-corrected chi connectivity index (χ0v) is 20.0. The first-order valence-electron chi connectivity index (χ1n) is 10.7. The Kier molecular flexibility index (Phi) is 7.10. The number of ether oxygens (including phenoxy) is 1. The van der Waals surface area contributed by atoms with E-state index < -0.39 is 57.1 Å². The topological polar surface area (TPSA) is 145 Å². The number of fused-ring (bicyclic) bond motifs is 1. The summed E-state index contributed by atoms with van der Waals surface area (Å²) in [6.45, 7) is 4.65. The van der Waals surface area contributed by atoms with Crippen molar-refractivity contribution in [1.82, 2.24) is 10.2 Å². The molecule has 0 aromatic heterocycles. The number of primary amides is 1. The van der Waals surface area contributed by atoms with Crippen molar-refractivity contribution in [2.75, 3.05) is 0 Å². The summed E-state index contributed by atoms with van der Waals surface area (Å²) < 4.78 is 70.4. The molecule has 3 unspecified atom stereocenters. The molecule has 3 rings (SSSR count). The molecular formula is C21H26F3N3O7S. The van der Waals surface area contributed by atoms with Gasteiger partial charge in [-0.05, 0) is 56.9 Å². The molecule has 1 saturated heterocycles. The molecule has 3 atom stereocenters. The first-order valence-corrected chi connectivity index (χ1v) is 12.1. The zero-order chi connectivity index (χ0) is 26.3. The number of nitrogens with one attached hydrogen (secondary N) is 1. The molecule has 2 aliphatic heterocycles. The van der Waals surface area contributed by atoms with Crippen LogP contribution in [0.2, 0.25) is 0 Å². The van der Waals surface area contributed by atoms with E-state index in [1.165, 1.54) is 6.07 Å². The predicted octanol–water partition coefficient (Wildman–Crippen LogP) is 1.75. The number of Topliss-reactive ketones (excluding diaryl/α,β-unsaturated/α-hetero) is 1. The van der Waals surface area contributed by atoms with Gasteiger partial charge in [0.05, 0.1) is 24.7 Å². The third-order valence-electron chi connectivity index (χ3n) is 5.59. The Morgan fingerprint density at radius 3 is 2.26 bits per heavy atom. The van der Waals surface area contributed by atoms with Gasteiger partial charge in [0, 0.05) is 6.42 Å². The summed E-state index contributed by atoms with van der Waals surface area (Å²) in [5.41, 5.74) is -0.392. The third-order valence-corrected chi connectivity index (χ3v) is 6.57. The predicted molar refractivity (Wildman–Crippen MR) is 115 cm³/mol. The lowest BCUT2D eigenvalue weighted by atomic mass is 9.89. The van der Waals surface area contributed by atoms with Crippen LogP contribution in [-0.4, -0.2) is 60.3 Å². The van der Waals surface area contributed by atoms with Crippen molar-refractivity contribution < 1.29 is 44.9 Å². The number of halogens is 3. The Balaban J connectivity index is 1.91. The second-order valence-electron chi connectivity index (χ2n) is 9.40. The van der Waals surface area contributed by atoms with Gasteiger partial charge >= 0.3 is 21.7 Å². The second kappa shape index (κ2) is 9.30. The number of ketones is 1. The molecule has 194 valence electrons. The molecule has 35 heavy (non-hydrogen) atoms. The van der Waals surface area contributed by atoms with Gasteiger partial charge in [-0.2, -0.15) is 21.6 Å². The molecule has 2 amide bonds. The van der Waals surface area contributed by atoms with Crippen LogP contribution in [0.25, 0.3) is 0 Å². The van der Waals surface area contributed by atoms with Crippen LogP contribution in [0.5, 0.6) is 5.75 Å². The Morgan fingerprint density at radius 1 is 1.09 bits per heavy atom. The summed E-state index contributed by atoms with van der Waals surface area (Å²) >= 11 is 0. The molecule has 14 heteroatoms. The Hall–Kier alpha value is -2.87. The van der Waals surface area contributed by atoms with Gasteiger partial charge in [-0.1, -0.05) is 6.07 Å². The number of rotatable bonds is 5. The number of alkyl halides is 3. The number of amides is 2. The normalized spacial score (nSPS) is 22.9. The highest BCUT2D eigenvalue weighted by molar-refractivity contribution is 7.88. The van der Waals surface area contributed by atoms with Crippen LogP contribution < -0.4 is 15.2 Å². The summed E-state index contributed by atoms with van der Waals surface area (Å²) in [7, 11) is -5.88. The molecule has 0 spiro atoms. The van der Waals surface area contributed by atoms with Gasteiger partial charge in [0.15, 0.2) is 5.78 Å². The van der Waals surface area contributed by atoms with Crippen LogP contribution in [0.15, 0.2) is 18.2 Å². The summed E-state index contributed by atoms with van der Waals surface area (Å²) in [4.78, 5) is 38.9. The van der Waals surface area contributed by atoms with Crippen molar-refractivity contribution in [3.8, 4) is 5.75 Å². The third kappa shape index (κ3) is 6.04. The largest absolute Gasteiger partial charge is 0.534 e. The summed E-state index contributed by atoms with van der Waals surface area (Å²) in [5.74, 6) is -1.55. The minimum absolute atomic E-state index is 0.000865. The number of nitrogens with zero attached hydrogens (tertiary/aromatic N) is 1. The van der Waals surface area contributed by atoms with E-state index in [1.54, 1.807) is 20.8 Å². The van der Waals surface area contributed by atoms with E-state index in [4.69, 9.17) is 10.5 Å². The Bertz CT molecular complexity index is 1130. The minimum Gasteiger partial charge on any atom is -0.444 e. The second-order valence-corrected chi connectivity index (χ2v) is 10.9. The van der Waals surface area contributed by atoms with Crippen LogP contribution in [0, 0.1) is 0 Å². The fourth-order valence-electron chi connectivity index (χ4n) is 3.98. The van der Waals surface area contributed by atoms with E-state index in [9.17, 15) is 36.0 Å². The van der Waals surface area contributed by atoms with Crippen LogP contribution in [0.3, 0.4) is 0 Å². The quantitative estimate of drug-likeness (QED) is 0.440. The van der Waals surface area contributed by atoms with Gasteiger partial charge in [-0.15, -0.1) is 0 Å². The minimum atomic E-state index is -5.88. The van der Waals surface area contributed by atoms with Gasteiger partial charge in [0.25, 0.3) is 0 Å². The summed E-state index contributed by atoms with van der Waals surface area (Å²) in [6.07, 6.45) is -0.144. The van der Waals surface area contributed by atoms with E-state index in [1.807, 2.05) is 0 Å². The Labute approximate surface area is 200 Å². The SMILES string of the molecule is CC(C)(C)OC(=O)N1Cc2cc(OS(=O)(=O)C(F)(F)F)ccc2CC1C(=O)C1CCC(C(N)=O)N1. The number of hydrogen-bond donors (Lipinski definition) is 2. The molecule has 1 aromatic rings. The van der Waals surface area contributed by atoms with E-state index in [0.29, 0.717) is 24.0 Å². The van der Waals surface area contributed by atoms with E-state index in [0.717, 1.165) is 17.0 Å². The van der Waals surface area contributed by atoms with Gasteiger partial charge in [-0.25, -0.2) is 4.79 Å². The van der Waals surface area contributed by atoms with Crippen molar-refractivity contribution in [2.45, 2.75) is 75.8 Å². The maximum Gasteiger partial charge on any atom is 0.534 e. The first kappa shape index (κ1) is 26.7. The van der Waals surface area contributed by atoms with Crippen molar-refractivity contribution in [2.24, 2.45) is 5.73 Å². The fraction of sp³-hybridized carbons (Fsp3) is 0.571. The van der Waals surface area contributed by atoms with Crippen LogP contribution in [-0.2, 0) is 37.4 Å². The van der Waals surface area contributed by atoms with E-state index >= 15 is 0 Å². The lowest BCUT2D eigenvalue weighted by molar-refractivity contribution is -0.126. The molecule has 0 aliphatic carbocycles. The number of carbonyl (C=O) groups is 3. The highest BCUT2D eigenvalue weighted by atomic mass is 32.2. The van der Waals surface area contributed by atoms with Gasteiger partial charge in [0.1, 0.15) is 11.4 Å². The first-order chi connectivity index (χ1) is 16.0. The van der Waals surface area contributed by atoms with Gasteiger partial charge in [-0.3, -0.25) is 19.8 Å². The molecule has 0 bridgehead atoms. The molecule has 1 aromatic carbocycles. The number of hydrogen-bond acceptors (Lipinski definition) is 8. The van der Waals surface area contributed by atoms with Crippen molar-refractivity contribution >= 4 is 27.9 Å². The number of benzene rings is 1. The summed E-state index contributed by atoms with van der Waals surface area (Å²) in [6, 6.07) is 1.07. The maximum absolute atomic E-state index is 13.3. The zero-order valence-electron chi connectivity index (χ0n) is 19.2. The molecule has 3 N–H and O–H groups in total. The average Bonchev–Trinajstić information content (AvgIpc) is 3.20. The maximum atomic E-state index is 13.3.